The SMILES string of the molecule is CCCN1CCc2cccc3c2C1Cc1cccc(-n2nnnc2CCCCC2CCSS2)c1-3. The van der Waals surface area contributed by atoms with Crippen molar-refractivity contribution in [2.24, 2.45) is 0 Å². The molecule has 3 heterocycles. The van der Waals surface area contributed by atoms with E-state index in [0.717, 1.165) is 42.4 Å². The Hall–Kier alpha value is -1.83. The molecule has 5 nitrogen and oxygen atoms in total. The summed E-state index contributed by atoms with van der Waals surface area (Å²) in [6, 6.07) is 14.1. The van der Waals surface area contributed by atoms with Gasteiger partial charge in [0.05, 0.1) is 5.69 Å². The van der Waals surface area contributed by atoms with Gasteiger partial charge in [-0.25, -0.2) is 0 Å². The van der Waals surface area contributed by atoms with E-state index in [2.05, 4.69) is 74.5 Å². The van der Waals surface area contributed by atoms with Crippen LogP contribution in [0.15, 0.2) is 36.4 Å². The molecule has 178 valence electrons. The smallest absolute Gasteiger partial charge is 0.156 e. The van der Waals surface area contributed by atoms with Crippen LogP contribution >= 0.6 is 21.6 Å². The van der Waals surface area contributed by atoms with Gasteiger partial charge in [-0.15, -0.1) is 5.10 Å². The van der Waals surface area contributed by atoms with Crippen LogP contribution < -0.4 is 0 Å². The molecular formula is C27H33N5S2. The lowest BCUT2D eigenvalue weighted by molar-refractivity contribution is 0.183. The van der Waals surface area contributed by atoms with Gasteiger partial charge in [0.2, 0.25) is 0 Å². The largest absolute Gasteiger partial charge is 0.296 e. The van der Waals surface area contributed by atoms with E-state index >= 15 is 0 Å². The molecule has 2 aromatic carbocycles. The fourth-order valence-electron chi connectivity index (χ4n) is 6.05. The number of hydrogen-bond acceptors (Lipinski definition) is 6. The zero-order valence-corrected chi connectivity index (χ0v) is 21.6. The number of aryl methyl sites for hydroxylation is 1. The van der Waals surface area contributed by atoms with Crippen LogP contribution in [0.4, 0.5) is 0 Å². The minimum absolute atomic E-state index is 0.489. The second-order valence-corrected chi connectivity index (χ2v) is 12.6. The highest BCUT2D eigenvalue weighted by atomic mass is 33.1. The molecule has 0 saturated carbocycles. The molecule has 3 aliphatic rings. The van der Waals surface area contributed by atoms with Gasteiger partial charge < -0.3 is 0 Å². The van der Waals surface area contributed by atoms with E-state index in [-0.39, 0.29) is 0 Å². The third-order valence-electron chi connectivity index (χ3n) is 7.63. The number of aromatic nitrogens is 4. The van der Waals surface area contributed by atoms with Gasteiger partial charge in [0.25, 0.3) is 0 Å². The Morgan fingerprint density at radius 1 is 1.09 bits per heavy atom. The molecule has 0 N–H and O–H groups in total. The summed E-state index contributed by atoms with van der Waals surface area (Å²) in [7, 11) is 4.11. The molecule has 1 saturated heterocycles. The number of tetrazole rings is 1. The molecule has 2 aliphatic heterocycles. The van der Waals surface area contributed by atoms with Crippen molar-refractivity contribution in [1.82, 2.24) is 25.1 Å². The summed E-state index contributed by atoms with van der Waals surface area (Å²) in [5.41, 5.74) is 8.35. The molecule has 6 rings (SSSR count). The van der Waals surface area contributed by atoms with Gasteiger partial charge in [0.15, 0.2) is 5.82 Å². The highest BCUT2D eigenvalue weighted by Crippen LogP contribution is 2.47. The van der Waals surface area contributed by atoms with Gasteiger partial charge in [0, 0.05) is 35.6 Å². The molecule has 0 amide bonds. The summed E-state index contributed by atoms with van der Waals surface area (Å²) < 4.78 is 2.02. The first-order valence-electron chi connectivity index (χ1n) is 12.9. The molecule has 0 radical (unpaired) electrons. The number of rotatable bonds is 8. The van der Waals surface area contributed by atoms with E-state index in [4.69, 9.17) is 0 Å². The fourth-order valence-corrected chi connectivity index (χ4v) is 9.08. The monoisotopic (exact) mass is 491 g/mol. The van der Waals surface area contributed by atoms with Gasteiger partial charge in [-0.2, -0.15) is 4.68 Å². The first-order chi connectivity index (χ1) is 16.8. The van der Waals surface area contributed by atoms with E-state index in [9.17, 15) is 0 Å². The normalized spacial score (nSPS) is 21.4. The van der Waals surface area contributed by atoms with Crippen LogP contribution in [0, 0.1) is 0 Å². The first kappa shape index (κ1) is 22.6. The molecule has 2 atom stereocenters. The molecule has 0 bridgehead atoms. The van der Waals surface area contributed by atoms with Crippen molar-refractivity contribution in [3.8, 4) is 16.8 Å². The minimum Gasteiger partial charge on any atom is -0.296 e. The Morgan fingerprint density at radius 3 is 2.88 bits per heavy atom. The van der Waals surface area contributed by atoms with E-state index < -0.39 is 0 Å². The maximum atomic E-state index is 4.48. The van der Waals surface area contributed by atoms with Crippen LogP contribution in [0.3, 0.4) is 0 Å². The highest BCUT2D eigenvalue weighted by Gasteiger charge is 2.35. The van der Waals surface area contributed by atoms with Crippen molar-refractivity contribution in [2.45, 2.75) is 69.6 Å². The van der Waals surface area contributed by atoms with Gasteiger partial charge in [-0.05, 0) is 83.8 Å². The Balaban J connectivity index is 1.31. The summed E-state index contributed by atoms with van der Waals surface area (Å²) >= 11 is 0. The summed E-state index contributed by atoms with van der Waals surface area (Å²) in [4.78, 5) is 2.70. The van der Waals surface area contributed by atoms with Crippen LogP contribution in [-0.4, -0.2) is 49.2 Å². The molecule has 0 spiro atoms. The summed E-state index contributed by atoms with van der Waals surface area (Å²) in [5.74, 6) is 2.30. The van der Waals surface area contributed by atoms with Crippen LogP contribution in [0.25, 0.3) is 16.8 Å². The molecule has 1 aliphatic carbocycles. The highest BCUT2D eigenvalue weighted by molar-refractivity contribution is 8.77. The standard InChI is InChI=1S/C27H33N5S2/c1-2-15-31-16-13-19-7-5-10-22-26(19)24(31)18-20-8-6-11-23(27(20)22)32-25(28-29-30-32)12-4-3-9-21-14-17-33-34-21/h5-8,10-11,21,24H,2-4,9,12-18H2,1H3. The van der Waals surface area contributed by atoms with E-state index in [1.165, 1.54) is 66.8 Å². The molecule has 7 heteroatoms. The number of fused-ring (bicyclic) bond motifs is 2. The van der Waals surface area contributed by atoms with Crippen molar-refractivity contribution in [1.29, 1.82) is 0 Å². The maximum Gasteiger partial charge on any atom is 0.156 e. The molecule has 34 heavy (non-hydrogen) atoms. The first-order valence-corrected chi connectivity index (χ1v) is 15.3. The van der Waals surface area contributed by atoms with Crippen molar-refractivity contribution >= 4 is 21.6 Å². The molecule has 3 aromatic rings. The number of hydrogen-bond donors (Lipinski definition) is 0. The molecule has 1 aromatic heterocycles. The Morgan fingerprint density at radius 2 is 2.00 bits per heavy atom. The number of benzene rings is 2. The van der Waals surface area contributed by atoms with E-state index in [1.807, 2.05) is 15.5 Å². The maximum absolute atomic E-state index is 4.48. The average Bonchev–Trinajstić information content (AvgIpc) is 3.55. The molecule has 2 unspecified atom stereocenters. The Kier molecular flexibility index (Phi) is 6.68. The van der Waals surface area contributed by atoms with Gasteiger partial charge >= 0.3 is 0 Å². The van der Waals surface area contributed by atoms with Crippen molar-refractivity contribution in [2.75, 3.05) is 18.8 Å². The third-order valence-corrected chi connectivity index (χ3v) is 10.6. The van der Waals surface area contributed by atoms with Crippen molar-refractivity contribution in [3.63, 3.8) is 0 Å². The summed E-state index contributed by atoms with van der Waals surface area (Å²) in [5, 5.41) is 13.9. The number of nitrogens with zero attached hydrogens (tertiary/aromatic N) is 5. The van der Waals surface area contributed by atoms with Crippen LogP contribution in [0.5, 0.6) is 0 Å². The van der Waals surface area contributed by atoms with Crippen LogP contribution in [0.2, 0.25) is 0 Å². The van der Waals surface area contributed by atoms with Gasteiger partial charge in [-0.1, -0.05) is 65.3 Å². The van der Waals surface area contributed by atoms with Crippen molar-refractivity contribution in [3.05, 3.63) is 58.9 Å². The second kappa shape index (κ2) is 10.0. The predicted molar refractivity (Wildman–Crippen MR) is 143 cm³/mol. The Bertz CT molecular complexity index is 1150. The van der Waals surface area contributed by atoms with Gasteiger partial charge in [-0.3, -0.25) is 4.90 Å². The quantitative estimate of drug-likeness (QED) is 0.282. The lowest BCUT2D eigenvalue weighted by atomic mass is 9.76. The third kappa shape index (κ3) is 4.20. The second-order valence-electron chi connectivity index (χ2n) is 9.78. The zero-order chi connectivity index (χ0) is 22.9. The molecule has 1 fully saturated rings. The fraction of sp³-hybridized carbons (Fsp3) is 0.519. The zero-order valence-electron chi connectivity index (χ0n) is 19.9. The lowest BCUT2D eigenvalue weighted by Crippen LogP contribution is -2.39. The summed E-state index contributed by atoms with van der Waals surface area (Å²) in [6.07, 6.45) is 9.42. The number of unbranched alkanes of at least 4 members (excludes halogenated alkanes) is 1. The van der Waals surface area contributed by atoms with Crippen LogP contribution in [-0.2, 0) is 19.3 Å². The Labute approximate surface area is 210 Å². The van der Waals surface area contributed by atoms with Gasteiger partial charge in [0.1, 0.15) is 0 Å². The van der Waals surface area contributed by atoms with E-state index in [0.29, 0.717) is 6.04 Å². The minimum atomic E-state index is 0.489. The predicted octanol–water partition coefficient (Wildman–Crippen LogP) is 6.06. The summed E-state index contributed by atoms with van der Waals surface area (Å²) in [6.45, 7) is 4.63. The van der Waals surface area contributed by atoms with Crippen molar-refractivity contribution < 1.29 is 0 Å². The average molecular weight is 492 g/mol. The topological polar surface area (TPSA) is 46.8 Å². The molecular weight excluding hydrogens is 458 g/mol. The van der Waals surface area contributed by atoms with Crippen LogP contribution in [0.1, 0.15) is 67.6 Å². The lowest BCUT2D eigenvalue weighted by Gasteiger charge is -2.42. The van der Waals surface area contributed by atoms with E-state index in [1.54, 1.807) is 5.56 Å².